The molecule has 1 heterocycles. The van der Waals surface area contributed by atoms with Crippen LogP contribution >= 0.6 is 0 Å². The number of aliphatic imine (C=N–C) groups is 1. The second-order valence-corrected chi connectivity index (χ2v) is 10.4. The van der Waals surface area contributed by atoms with Crippen molar-refractivity contribution in [1.82, 2.24) is 0 Å². The molecule has 0 aliphatic carbocycles. The Hall–Kier alpha value is -0.153. The van der Waals surface area contributed by atoms with Gasteiger partial charge in [-0.3, -0.25) is 4.99 Å². The zero-order chi connectivity index (χ0) is 10.8. The fourth-order valence-electron chi connectivity index (χ4n) is 1.21. The molecule has 0 fully saturated rings. The lowest BCUT2D eigenvalue weighted by atomic mass is 10.2. The van der Waals surface area contributed by atoms with E-state index >= 15 is 0 Å². The maximum absolute atomic E-state index is 6.10. The van der Waals surface area contributed by atoms with E-state index in [1.165, 1.54) is 6.42 Å². The Labute approximate surface area is 88.9 Å². The lowest BCUT2D eigenvalue weighted by molar-refractivity contribution is 0.263. The molecule has 0 bridgehead atoms. The first kappa shape index (κ1) is 11.9. The van der Waals surface area contributed by atoms with Gasteiger partial charge >= 0.3 is 0 Å². The first-order valence-corrected chi connectivity index (χ1v) is 8.39. The van der Waals surface area contributed by atoms with E-state index in [9.17, 15) is 0 Å². The lowest BCUT2D eigenvalue weighted by Gasteiger charge is -2.36. The maximum Gasteiger partial charge on any atom is 0.192 e. The molecule has 0 spiro atoms. The number of rotatable bonds is 3. The largest absolute Gasteiger partial charge is 0.415 e. The van der Waals surface area contributed by atoms with Gasteiger partial charge in [0.15, 0.2) is 8.32 Å². The molecule has 82 valence electrons. The molecule has 0 radical (unpaired) electrons. The summed E-state index contributed by atoms with van der Waals surface area (Å²) in [6, 6.07) is 0.434. The molecule has 0 unspecified atom stereocenters. The van der Waals surface area contributed by atoms with Crippen LogP contribution in [0.25, 0.3) is 0 Å². The van der Waals surface area contributed by atoms with Crippen molar-refractivity contribution in [3.63, 3.8) is 0 Å². The number of hydrogen-bond donors (Lipinski definition) is 0. The highest BCUT2D eigenvalue weighted by Gasteiger charge is 2.37. The normalized spacial score (nSPS) is 23.1. The molecule has 0 N–H and O–H groups in total. The third-order valence-corrected chi connectivity index (χ3v) is 7.89. The van der Waals surface area contributed by atoms with E-state index in [4.69, 9.17) is 4.43 Å². The van der Waals surface area contributed by atoms with E-state index in [2.05, 4.69) is 38.9 Å². The Bertz CT molecular complexity index is 218. The van der Waals surface area contributed by atoms with Crippen LogP contribution in [0.5, 0.6) is 0 Å². The molecular formula is C11H23NOSi. The van der Waals surface area contributed by atoms with Gasteiger partial charge in [0.2, 0.25) is 0 Å². The molecule has 0 saturated heterocycles. The van der Waals surface area contributed by atoms with Crippen LogP contribution in [0.3, 0.4) is 0 Å². The summed E-state index contributed by atoms with van der Waals surface area (Å²) in [5.41, 5.74) is 0. The minimum absolute atomic E-state index is 0.315. The molecule has 0 aromatic carbocycles. The summed E-state index contributed by atoms with van der Waals surface area (Å²) in [6.07, 6.45) is 4.33. The highest BCUT2D eigenvalue weighted by Crippen LogP contribution is 2.36. The molecule has 1 aliphatic heterocycles. The van der Waals surface area contributed by atoms with Crippen molar-refractivity contribution in [2.24, 2.45) is 4.99 Å². The monoisotopic (exact) mass is 213 g/mol. The van der Waals surface area contributed by atoms with Crippen LogP contribution in [0.4, 0.5) is 0 Å². The highest BCUT2D eigenvalue weighted by atomic mass is 28.4. The van der Waals surface area contributed by atoms with Crippen LogP contribution in [-0.2, 0) is 4.43 Å². The fourth-order valence-corrected chi connectivity index (χ4v) is 2.25. The Balaban J connectivity index is 2.39. The van der Waals surface area contributed by atoms with Crippen LogP contribution in [0.15, 0.2) is 4.99 Å². The van der Waals surface area contributed by atoms with Gasteiger partial charge in [0.1, 0.15) is 0 Å². The first-order valence-electron chi connectivity index (χ1n) is 5.48. The van der Waals surface area contributed by atoms with Crippen LogP contribution in [0.1, 0.15) is 33.6 Å². The van der Waals surface area contributed by atoms with E-state index in [0.29, 0.717) is 11.1 Å². The molecule has 0 aromatic rings. The third-order valence-electron chi connectivity index (χ3n) is 3.39. The predicted octanol–water partition coefficient (Wildman–Crippen LogP) is 3.24. The topological polar surface area (TPSA) is 21.6 Å². The van der Waals surface area contributed by atoms with Crippen LogP contribution < -0.4 is 0 Å². The number of nitrogens with zero attached hydrogens (tertiary/aromatic N) is 1. The molecule has 1 aliphatic rings. The summed E-state index contributed by atoms with van der Waals surface area (Å²) in [7, 11) is -1.55. The van der Waals surface area contributed by atoms with Crippen molar-refractivity contribution in [2.45, 2.75) is 57.8 Å². The quantitative estimate of drug-likeness (QED) is 0.660. The van der Waals surface area contributed by atoms with Gasteiger partial charge < -0.3 is 4.43 Å². The van der Waals surface area contributed by atoms with E-state index in [-0.39, 0.29) is 0 Å². The van der Waals surface area contributed by atoms with Gasteiger partial charge in [0, 0.05) is 0 Å². The Morgan fingerprint density at radius 2 is 2.07 bits per heavy atom. The SMILES string of the molecule is CC(C)(C)[Si](C)(C)OC[C@@H]1CCC=N1. The van der Waals surface area contributed by atoms with Gasteiger partial charge in [-0.2, -0.15) is 0 Å². The van der Waals surface area contributed by atoms with E-state index in [1.807, 2.05) is 6.21 Å². The number of hydrogen-bond acceptors (Lipinski definition) is 2. The molecule has 0 saturated carbocycles. The minimum Gasteiger partial charge on any atom is -0.415 e. The summed E-state index contributed by atoms with van der Waals surface area (Å²) in [5.74, 6) is 0. The Morgan fingerprint density at radius 3 is 2.50 bits per heavy atom. The van der Waals surface area contributed by atoms with Gasteiger partial charge in [-0.15, -0.1) is 0 Å². The van der Waals surface area contributed by atoms with Crippen molar-refractivity contribution in [1.29, 1.82) is 0 Å². The molecular weight excluding hydrogens is 190 g/mol. The van der Waals surface area contributed by atoms with Gasteiger partial charge in [0.25, 0.3) is 0 Å². The average molecular weight is 213 g/mol. The lowest BCUT2D eigenvalue weighted by Crippen LogP contribution is -2.42. The van der Waals surface area contributed by atoms with Crippen molar-refractivity contribution in [3.05, 3.63) is 0 Å². The van der Waals surface area contributed by atoms with Crippen molar-refractivity contribution >= 4 is 14.5 Å². The Morgan fingerprint density at radius 1 is 1.43 bits per heavy atom. The second-order valence-electron chi connectivity index (χ2n) is 5.63. The molecule has 14 heavy (non-hydrogen) atoms. The average Bonchev–Trinajstić information content (AvgIpc) is 2.50. The predicted molar refractivity (Wildman–Crippen MR) is 64.7 cm³/mol. The van der Waals surface area contributed by atoms with Crippen LogP contribution in [0, 0.1) is 0 Å². The summed E-state index contributed by atoms with van der Waals surface area (Å²) < 4.78 is 6.10. The summed E-state index contributed by atoms with van der Waals surface area (Å²) >= 11 is 0. The van der Waals surface area contributed by atoms with E-state index in [1.54, 1.807) is 0 Å². The van der Waals surface area contributed by atoms with Crippen molar-refractivity contribution in [2.75, 3.05) is 6.61 Å². The van der Waals surface area contributed by atoms with Gasteiger partial charge in [-0.1, -0.05) is 20.8 Å². The van der Waals surface area contributed by atoms with Gasteiger partial charge in [0.05, 0.1) is 12.6 Å². The van der Waals surface area contributed by atoms with Crippen LogP contribution in [-0.4, -0.2) is 27.2 Å². The van der Waals surface area contributed by atoms with E-state index < -0.39 is 8.32 Å². The second kappa shape index (κ2) is 4.15. The fraction of sp³-hybridized carbons (Fsp3) is 0.909. The summed E-state index contributed by atoms with van der Waals surface area (Å²) in [5, 5.41) is 0.315. The zero-order valence-corrected chi connectivity index (χ0v) is 11.1. The minimum atomic E-state index is -1.55. The standard InChI is InChI=1S/C11H23NOSi/c1-11(2,3)14(4,5)13-9-10-7-6-8-12-10/h8,10H,6-7,9H2,1-5H3/t10-/m0/s1. The summed E-state index contributed by atoms with van der Waals surface area (Å²) in [4.78, 5) is 4.39. The summed E-state index contributed by atoms with van der Waals surface area (Å²) in [6.45, 7) is 12.2. The molecule has 2 nitrogen and oxygen atoms in total. The first-order chi connectivity index (χ1) is 6.33. The smallest absolute Gasteiger partial charge is 0.192 e. The van der Waals surface area contributed by atoms with Gasteiger partial charge in [-0.05, 0) is 37.2 Å². The van der Waals surface area contributed by atoms with E-state index in [0.717, 1.165) is 13.0 Å². The highest BCUT2D eigenvalue weighted by molar-refractivity contribution is 6.74. The zero-order valence-electron chi connectivity index (χ0n) is 10.1. The molecule has 0 aromatic heterocycles. The molecule has 1 atom stereocenters. The van der Waals surface area contributed by atoms with Crippen LogP contribution in [0.2, 0.25) is 18.1 Å². The van der Waals surface area contributed by atoms with Crippen molar-refractivity contribution in [3.8, 4) is 0 Å². The van der Waals surface area contributed by atoms with Gasteiger partial charge in [-0.25, -0.2) is 0 Å². The van der Waals surface area contributed by atoms with Crippen molar-refractivity contribution < 1.29 is 4.43 Å². The maximum atomic E-state index is 6.10. The third kappa shape index (κ3) is 2.92. The molecule has 1 rings (SSSR count). The molecule has 0 amide bonds. The molecule has 3 heteroatoms. The Kier molecular flexibility index (Phi) is 3.53.